The van der Waals surface area contributed by atoms with E-state index in [0.717, 1.165) is 23.7 Å². The smallest absolute Gasteiger partial charge is 0.162 e. The molecule has 100 valence electrons. The van der Waals surface area contributed by atoms with E-state index >= 15 is 0 Å². The summed E-state index contributed by atoms with van der Waals surface area (Å²) < 4.78 is 7.70. The minimum Gasteiger partial charge on any atom is -0.486 e. The Labute approximate surface area is 113 Å². The molecule has 0 unspecified atom stereocenters. The molecule has 2 aromatic rings. The van der Waals surface area contributed by atoms with Gasteiger partial charge in [-0.15, -0.1) is 0 Å². The summed E-state index contributed by atoms with van der Waals surface area (Å²) in [4.78, 5) is 15.7. The number of nitrogens with zero attached hydrogens (tertiary/aromatic N) is 2. The highest BCUT2D eigenvalue weighted by Crippen LogP contribution is 2.15. The lowest BCUT2D eigenvalue weighted by atomic mass is 10.1. The molecule has 0 bridgehead atoms. The number of carbonyl (C=O) groups excluding carboxylic acids is 1. The van der Waals surface area contributed by atoms with Gasteiger partial charge in [-0.05, 0) is 31.2 Å². The molecule has 0 saturated carbocycles. The lowest BCUT2D eigenvalue weighted by Gasteiger charge is -2.08. The summed E-state index contributed by atoms with van der Waals surface area (Å²) in [5.74, 6) is 1.79. The number of ketones is 1. The summed E-state index contributed by atoms with van der Waals surface area (Å²) in [6.07, 6.45) is 4.22. The number of aromatic nitrogens is 2. The highest BCUT2D eigenvalue weighted by molar-refractivity contribution is 5.95. The van der Waals surface area contributed by atoms with Crippen molar-refractivity contribution in [2.24, 2.45) is 0 Å². The molecule has 4 heteroatoms. The number of imidazole rings is 1. The predicted molar refractivity (Wildman–Crippen MR) is 73.3 cm³/mol. The Morgan fingerprint density at radius 2 is 2.00 bits per heavy atom. The molecule has 2 rings (SSSR count). The van der Waals surface area contributed by atoms with Crippen molar-refractivity contribution >= 4 is 5.78 Å². The molecule has 0 atom stereocenters. The molecule has 0 aliphatic heterocycles. The van der Waals surface area contributed by atoms with Crippen LogP contribution < -0.4 is 4.74 Å². The maximum atomic E-state index is 11.5. The zero-order valence-corrected chi connectivity index (χ0v) is 11.3. The first-order chi connectivity index (χ1) is 9.24. The van der Waals surface area contributed by atoms with E-state index in [-0.39, 0.29) is 5.78 Å². The normalized spacial score (nSPS) is 10.4. The van der Waals surface area contributed by atoms with Crippen LogP contribution in [0.2, 0.25) is 0 Å². The lowest BCUT2D eigenvalue weighted by Crippen LogP contribution is -2.05. The first-order valence-corrected chi connectivity index (χ1v) is 6.50. The molecule has 0 saturated heterocycles. The SMILES string of the molecule is CCC(=O)c1ccc(OCc2nccn2CC)cc1. The molecule has 0 amide bonds. The second kappa shape index (κ2) is 6.18. The van der Waals surface area contributed by atoms with Crippen LogP contribution in [-0.2, 0) is 13.2 Å². The van der Waals surface area contributed by atoms with Gasteiger partial charge in [-0.1, -0.05) is 6.92 Å². The van der Waals surface area contributed by atoms with Crippen LogP contribution in [0.1, 0.15) is 36.5 Å². The van der Waals surface area contributed by atoms with Crippen molar-refractivity contribution in [2.45, 2.75) is 33.4 Å². The van der Waals surface area contributed by atoms with Crippen LogP contribution in [0.25, 0.3) is 0 Å². The topological polar surface area (TPSA) is 44.1 Å². The van der Waals surface area contributed by atoms with Gasteiger partial charge in [0.05, 0.1) is 0 Å². The van der Waals surface area contributed by atoms with Crippen LogP contribution >= 0.6 is 0 Å². The number of ether oxygens (including phenoxy) is 1. The maximum Gasteiger partial charge on any atom is 0.162 e. The first-order valence-electron chi connectivity index (χ1n) is 6.50. The molecule has 1 aromatic carbocycles. The third kappa shape index (κ3) is 3.22. The lowest BCUT2D eigenvalue weighted by molar-refractivity contribution is 0.0988. The molecule has 0 aliphatic rings. The molecular formula is C15H18N2O2. The summed E-state index contributed by atoms with van der Waals surface area (Å²) >= 11 is 0. The van der Waals surface area contributed by atoms with Gasteiger partial charge in [0, 0.05) is 30.9 Å². The minimum atomic E-state index is 0.146. The van der Waals surface area contributed by atoms with Gasteiger partial charge in [0.15, 0.2) is 5.78 Å². The van der Waals surface area contributed by atoms with Gasteiger partial charge in [0.1, 0.15) is 18.2 Å². The molecule has 0 fully saturated rings. The summed E-state index contributed by atoms with van der Waals surface area (Å²) in [7, 11) is 0. The number of benzene rings is 1. The van der Waals surface area contributed by atoms with E-state index in [0.29, 0.717) is 13.0 Å². The van der Waals surface area contributed by atoms with E-state index in [9.17, 15) is 4.79 Å². The van der Waals surface area contributed by atoms with Crippen LogP contribution in [0.15, 0.2) is 36.7 Å². The molecule has 1 heterocycles. The van der Waals surface area contributed by atoms with Crippen LogP contribution in [0.5, 0.6) is 5.75 Å². The second-order valence-corrected chi connectivity index (χ2v) is 4.22. The van der Waals surface area contributed by atoms with Crippen LogP contribution in [0, 0.1) is 0 Å². The number of carbonyl (C=O) groups is 1. The van der Waals surface area contributed by atoms with Gasteiger partial charge in [-0.2, -0.15) is 0 Å². The van der Waals surface area contributed by atoms with Crippen molar-refractivity contribution in [2.75, 3.05) is 0 Å². The van der Waals surface area contributed by atoms with Crippen molar-refractivity contribution in [3.05, 3.63) is 48.0 Å². The Balaban J connectivity index is 1.98. The second-order valence-electron chi connectivity index (χ2n) is 4.22. The van der Waals surface area contributed by atoms with Crippen LogP contribution in [-0.4, -0.2) is 15.3 Å². The summed E-state index contributed by atoms with van der Waals surface area (Å²) in [5.41, 5.74) is 0.727. The zero-order chi connectivity index (χ0) is 13.7. The first kappa shape index (κ1) is 13.3. The summed E-state index contributed by atoms with van der Waals surface area (Å²) in [6.45, 7) is 5.23. The highest BCUT2D eigenvalue weighted by atomic mass is 16.5. The zero-order valence-electron chi connectivity index (χ0n) is 11.3. The Hall–Kier alpha value is -2.10. The largest absolute Gasteiger partial charge is 0.486 e. The Bertz CT molecular complexity index is 544. The van der Waals surface area contributed by atoms with Crippen molar-refractivity contribution in [3.8, 4) is 5.75 Å². The van der Waals surface area contributed by atoms with E-state index in [1.807, 2.05) is 29.8 Å². The van der Waals surface area contributed by atoms with Crippen LogP contribution in [0.4, 0.5) is 0 Å². The molecule has 1 aromatic heterocycles. The average Bonchev–Trinajstić information content (AvgIpc) is 2.92. The standard InChI is InChI=1S/C15H18N2O2/c1-3-14(18)12-5-7-13(8-6-12)19-11-15-16-9-10-17(15)4-2/h5-10H,3-4,11H2,1-2H3. The van der Waals surface area contributed by atoms with Crippen molar-refractivity contribution in [3.63, 3.8) is 0 Å². The van der Waals surface area contributed by atoms with Crippen LogP contribution in [0.3, 0.4) is 0 Å². The van der Waals surface area contributed by atoms with E-state index in [2.05, 4.69) is 11.9 Å². The van der Waals surface area contributed by atoms with Gasteiger partial charge < -0.3 is 9.30 Å². The summed E-state index contributed by atoms with van der Waals surface area (Å²) in [6, 6.07) is 7.24. The number of aryl methyl sites for hydroxylation is 1. The molecule has 0 radical (unpaired) electrons. The van der Waals surface area contributed by atoms with E-state index in [1.54, 1.807) is 18.3 Å². The fraction of sp³-hybridized carbons (Fsp3) is 0.333. The average molecular weight is 258 g/mol. The Morgan fingerprint density at radius 1 is 1.26 bits per heavy atom. The third-order valence-corrected chi connectivity index (χ3v) is 3.01. The van der Waals surface area contributed by atoms with Gasteiger partial charge in [0.2, 0.25) is 0 Å². The van der Waals surface area contributed by atoms with Gasteiger partial charge in [0.25, 0.3) is 0 Å². The number of Topliss-reactive ketones (excluding diaryl/α,β-unsaturated/α-hetero) is 1. The van der Waals surface area contributed by atoms with Crippen molar-refractivity contribution in [1.29, 1.82) is 0 Å². The predicted octanol–water partition coefficient (Wildman–Crippen LogP) is 3.07. The summed E-state index contributed by atoms with van der Waals surface area (Å²) in [5, 5.41) is 0. The Morgan fingerprint density at radius 3 is 2.63 bits per heavy atom. The quantitative estimate of drug-likeness (QED) is 0.748. The molecular weight excluding hydrogens is 240 g/mol. The van der Waals surface area contributed by atoms with Gasteiger partial charge in [-0.3, -0.25) is 4.79 Å². The maximum absolute atomic E-state index is 11.5. The van der Waals surface area contributed by atoms with Gasteiger partial charge >= 0.3 is 0 Å². The monoisotopic (exact) mass is 258 g/mol. The van der Waals surface area contributed by atoms with E-state index < -0.39 is 0 Å². The molecule has 0 aliphatic carbocycles. The Kier molecular flexibility index (Phi) is 4.34. The molecule has 0 N–H and O–H groups in total. The highest BCUT2D eigenvalue weighted by Gasteiger charge is 2.04. The fourth-order valence-corrected chi connectivity index (χ4v) is 1.86. The number of rotatable bonds is 6. The van der Waals surface area contributed by atoms with E-state index in [1.165, 1.54) is 0 Å². The molecule has 19 heavy (non-hydrogen) atoms. The van der Waals surface area contributed by atoms with E-state index in [4.69, 9.17) is 4.74 Å². The third-order valence-electron chi connectivity index (χ3n) is 3.01. The van der Waals surface area contributed by atoms with Gasteiger partial charge in [-0.25, -0.2) is 4.98 Å². The van der Waals surface area contributed by atoms with Crippen molar-refractivity contribution < 1.29 is 9.53 Å². The number of hydrogen-bond acceptors (Lipinski definition) is 3. The van der Waals surface area contributed by atoms with Crippen molar-refractivity contribution in [1.82, 2.24) is 9.55 Å². The minimum absolute atomic E-state index is 0.146. The molecule has 0 spiro atoms. The molecule has 4 nitrogen and oxygen atoms in total. The number of hydrogen-bond donors (Lipinski definition) is 0. The fourth-order valence-electron chi connectivity index (χ4n) is 1.86.